The maximum atomic E-state index is 6.91. The van der Waals surface area contributed by atoms with Crippen molar-refractivity contribution in [3.8, 4) is 39.4 Å². The van der Waals surface area contributed by atoms with E-state index in [0.29, 0.717) is 0 Å². The van der Waals surface area contributed by atoms with Gasteiger partial charge in [-0.3, -0.25) is 0 Å². The van der Waals surface area contributed by atoms with E-state index in [0.717, 1.165) is 11.5 Å². The molecule has 0 aliphatic carbocycles. The summed E-state index contributed by atoms with van der Waals surface area (Å²) in [5, 5.41) is 2.57. The Kier molecular flexibility index (Phi) is 5.85. The second kappa shape index (κ2) is 9.75. The van der Waals surface area contributed by atoms with Crippen LogP contribution in [0.1, 0.15) is 52.7 Å². The van der Waals surface area contributed by atoms with E-state index in [1.54, 1.807) is 0 Å². The average Bonchev–Trinajstić information content (AvgIpc) is 3.40. The van der Waals surface area contributed by atoms with Crippen LogP contribution in [0.2, 0.25) is 0 Å². The van der Waals surface area contributed by atoms with Crippen molar-refractivity contribution in [3.05, 3.63) is 132 Å². The van der Waals surface area contributed by atoms with E-state index in [9.17, 15) is 0 Å². The molecule has 9 rings (SSSR count). The lowest BCUT2D eigenvalue weighted by atomic mass is 9.34. The third-order valence-corrected chi connectivity index (χ3v) is 10.3. The molecule has 6 aromatic carbocycles. The van der Waals surface area contributed by atoms with Crippen molar-refractivity contribution in [1.82, 2.24) is 4.57 Å². The maximum absolute atomic E-state index is 6.91. The summed E-state index contributed by atoms with van der Waals surface area (Å²) in [4.78, 5) is 0. The first kappa shape index (κ1) is 28.2. The molecule has 2 nitrogen and oxygen atoms in total. The van der Waals surface area contributed by atoms with Gasteiger partial charge in [-0.05, 0) is 97.0 Å². The van der Waals surface area contributed by atoms with Crippen molar-refractivity contribution >= 4 is 44.9 Å². The summed E-state index contributed by atoms with van der Waals surface area (Å²) in [5.41, 5.74) is 15.1. The predicted molar refractivity (Wildman–Crippen MR) is 200 cm³/mol. The second-order valence-electron chi connectivity index (χ2n) is 15.5. The molecule has 0 bridgehead atoms. The lowest BCUT2D eigenvalue weighted by molar-refractivity contribution is 0.482. The number of ether oxygens (including phenoxy) is 1. The quantitative estimate of drug-likeness (QED) is 0.179. The van der Waals surface area contributed by atoms with E-state index in [2.05, 4.69) is 167 Å². The van der Waals surface area contributed by atoms with Gasteiger partial charge >= 0.3 is 0 Å². The van der Waals surface area contributed by atoms with Crippen LogP contribution >= 0.6 is 0 Å². The van der Waals surface area contributed by atoms with E-state index in [4.69, 9.17) is 4.74 Å². The fraction of sp³-hybridized carbons (Fsp3) is 0.182. The third-order valence-electron chi connectivity index (χ3n) is 10.3. The van der Waals surface area contributed by atoms with Crippen molar-refractivity contribution in [1.29, 1.82) is 0 Å². The lowest BCUT2D eigenvalue weighted by Gasteiger charge is -2.36. The van der Waals surface area contributed by atoms with Crippen molar-refractivity contribution in [3.63, 3.8) is 0 Å². The zero-order valence-electron chi connectivity index (χ0n) is 28.0. The van der Waals surface area contributed by atoms with Gasteiger partial charge in [0.1, 0.15) is 11.5 Å². The van der Waals surface area contributed by atoms with Crippen LogP contribution < -0.4 is 21.1 Å². The Balaban J connectivity index is 1.45. The molecule has 0 atom stereocenters. The van der Waals surface area contributed by atoms with Crippen LogP contribution in [0.15, 0.2) is 121 Å². The highest BCUT2D eigenvalue weighted by molar-refractivity contribution is 6.99. The molecule has 0 N–H and O–H groups in total. The lowest BCUT2D eigenvalue weighted by Crippen LogP contribution is -2.58. The maximum Gasteiger partial charge on any atom is 0.256 e. The van der Waals surface area contributed by atoms with E-state index >= 15 is 0 Å². The van der Waals surface area contributed by atoms with Crippen LogP contribution in [0, 0.1) is 0 Å². The molecule has 0 radical (unpaired) electrons. The van der Waals surface area contributed by atoms with Crippen LogP contribution in [0.3, 0.4) is 0 Å². The highest BCUT2D eigenvalue weighted by Gasteiger charge is 2.42. The van der Waals surface area contributed by atoms with Gasteiger partial charge in [-0.25, -0.2) is 0 Å². The Morgan fingerprint density at radius 1 is 0.511 bits per heavy atom. The Bertz CT molecular complexity index is 2390. The Hall–Kier alpha value is -5.02. The summed E-state index contributed by atoms with van der Waals surface area (Å²) in [6, 6.07) is 45.1. The zero-order valence-corrected chi connectivity index (χ0v) is 28.0. The molecule has 3 heteroatoms. The number of benzene rings is 6. The van der Waals surface area contributed by atoms with Crippen LogP contribution in [-0.4, -0.2) is 11.3 Å². The first-order chi connectivity index (χ1) is 22.6. The van der Waals surface area contributed by atoms with Crippen molar-refractivity contribution < 1.29 is 4.74 Å². The second-order valence-corrected chi connectivity index (χ2v) is 15.5. The SMILES string of the molecule is CC(C)(C)c1ccc2c(c1)B1c3c(cc(C(C)(C)C)cc3-n3c4ccc(-c5ccccc5)cc4c4cc(-c5ccccc5)cc1c43)O2. The van der Waals surface area contributed by atoms with Gasteiger partial charge in [-0.15, -0.1) is 0 Å². The minimum atomic E-state index is -0.0409. The fourth-order valence-corrected chi connectivity index (χ4v) is 7.79. The van der Waals surface area contributed by atoms with Crippen LogP contribution in [0.5, 0.6) is 11.5 Å². The van der Waals surface area contributed by atoms with Gasteiger partial charge in [0.15, 0.2) is 0 Å². The van der Waals surface area contributed by atoms with E-state index in [1.165, 1.54) is 77.3 Å². The molecule has 0 saturated heterocycles. The molecule has 2 aliphatic rings. The van der Waals surface area contributed by atoms with Gasteiger partial charge < -0.3 is 9.30 Å². The molecule has 1 aromatic heterocycles. The Morgan fingerprint density at radius 3 is 1.85 bits per heavy atom. The van der Waals surface area contributed by atoms with Gasteiger partial charge in [0.05, 0.1) is 5.52 Å². The van der Waals surface area contributed by atoms with Crippen LogP contribution in [-0.2, 0) is 10.8 Å². The summed E-state index contributed by atoms with van der Waals surface area (Å²) in [5.74, 6) is 1.93. The summed E-state index contributed by atoms with van der Waals surface area (Å²) < 4.78 is 9.44. The number of nitrogens with zero attached hydrogens (tertiary/aromatic N) is 1. The highest BCUT2D eigenvalue weighted by Crippen LogP contribution is 2.42. The summed E-state index contributed by atoms with van der Waals surface area (Å²) >= 11 is 0. The number of aromatic nitrogens is 1. The standard InChI is InChI=1S/C44H38BNO/c1-43(2,3)31-18-20-39-35(24-31)45-36-23-30(28-15-11-8-12-16-28)22-34-33-21-29(27-13-9-7-10-14-27)17-19-37(33)46(42(34)36)38-25-32(44(4,5)6)26-40(47-39)41(38)45/h7-26H,1-6H3. The van der Waals surface area contributed by atoms with Gasteiger partial charge in [0.25, 0.3) is 6.71 Å². The number of hydrogen-bond donors (Lipinski definition) is 0. The molecule has 47 heavy (non-hydrogen) atoms. The topological polar surface area (TPSA) is 14.2 Å². The molecule has 0 fully saturated rings. The van der Waals surface area contributed by atoms with Crippen molar-refractivity contribution in [2.45, 2.75) is 52.4 Å². The van der Waals surface area contributed by atoms with E-state index in [1.807, 2.05) is 0 Å². The normalized spacial score (nSPS) is 13.4. The van der Waals surface area contributed by atoms with Gasteiger partial charge in [-0.2, -0.15) is 0 Å². The molecule has 3 heterocycles. The fourth-order valence-electron chi connectivity index (χ4n) is 7.79. The number of hydrogen-bond acceptors (Lipinski definition) is 1. The number of fused-ring (bicyclic) bond motifs is 7. The molecule has 228 valence electrons. The molecule has 0 unspecified atom stereocenters. The van der Waals surface area contributed by atoms with E-state index < -0.39 is 0 Å². The third kappa shape index (κ3) is 4.26. The minimum absolute atomic E-state index is 0.0207. The predicted octanol–water partition coefficient (Wildman–Crippen LogP) is 9.65. The minimum Gasteiger partial charge on any atom is -0.458 e. The summed E-state index contributed by atoms with van der Waals surface area (Å²) in [6.45, 7) is 13.8. The van der Waals surface area contributed by atoms with E-state index in [-0.39, 0.29) is 17.5 Å². The molecular weight excluding hydrogens is 569 g/mol. The highest BCUT2D eigenvalue weighted by atomic mass is 16.5. The Morgan fingerprint density at radius 2 is 1.17 bits per heavy atom. The van der Waals surface area contributed by atoms with Gasteiger partial charge in [0, 0.05) is 22.0 Å². The smallest absolute Gasteiger partial charge is 0.256 e. The van der Waals surface area contributed by atoms with Crippen LogP contribution in [0.25, 0.3) is 49.7 Å². The summed E-state index contributed by atoms with van der Waals surface area (Å²) in [6.07, 6.45) is 0. The molecule has 0 spiro atoms. The monoisotopic (exact) mass is 607 g/mol. The molecular formula is C44H38BNO. The zero-order chi connectivity index (χ0) is 32.2. The van der Waals surface area contributed by atoms with Gasteiger partial charge in [0.2, 0.25) is 0 Å². The summed E-state index contributed by atoms with van der Waals surface area (Å²) in [7, 11) is 0. The van der Waals surface area contributed by atoms with Crippen molar-refractivity contribution in [2.75, 3.05) is 0 Å². The molecule has 7 aromatic rings. The Labute approximate surface area is 277 Å². The van der Waals surface area contributed by atoms with Crippen molar-refractivity contribution in [2.24, 2.45) is 0 Å². The first-order valence-electron chi connectivity index (χ1n) is 16.8. The number of rotatable bonds is 2. The molecule has 0 amide bonds. The van der Waals surface area contributed by atoms with Gasteiger partial charge in [-0.1, -0.05) is 126 Å². The average molecular weight is 608 g/mol. The van der Waals surface area contributed by atoms with Crippen LogP contribution in [0.4, 0.5) is 0 Å². The largest absolute Gasteiger partial charge is 0.458 e. The molecule has 0 saturated carbocycles. The first-order valence-corrected chi connectivity index (χ1v) is 16.8. The molecule has 2 aliphatic heterocycles.